The van der Waals surface area contributed by atoms with Gasteiger partial charge in [-0.1, -0.05) is 23.8 Å². The van der Waals surface area contributed by atoms with Gasteiger partial charge in [-0.3, -0.25) is 0 Å². The van der Waals surface area contributed by atoms with Crippen LogP contribution in [0.4, 0.5) is 0 Å². The molecule has 9 heteroatoms. The van der Waals surface area contributed by atoms with Crippen molar-refractivity contribution in [3.8, 4) is 0 Å². The summed E-state index contributed by atoms with van der Waals surface area (Å²) in [6, 6.07) is 0. The normalized spacial score (nSPS) is 14.7. The molecular formula is C12H19N7OS. The second-order valence-electron chi connectivity index (χ2n) is 5.05. The lowest BCUT2D eigenvalue weighted by molar-refractivity contribution is 0.375. The summed E-state index contributed by atoms with van der Waals surface area (Å²) in [6.45, 7) is 4.78. The highest BCUT2D eigenvalue weighted by molar-refractivity contribution is 7.98. The van der Waals surface area contributed by atoms with E-state index in [9.17, 15) is 0 Å². The maximum Gasteiger partial charge on any atom is 0.229 e. The van der Waals surface area contributed by atoms with E-state index in [0.717, 1.165) is 49.9 Å². The lowest BCUT2D eigenvalue weighted by atomic mass is 10.4. The van der Waals surface area contributed by atoms with Crippen LogP contribution in [0.1, 0.15) is 43.8 Å². The SMILES string of the molecule is CCCNCCn1nnnc1SCc1noc(C2CC2)n1. The molecule has 0 atom stereocenters. The average molecular weight is 309 g/mol. The maximum absolute atomic E-state index is 5.24. The Morgan fingerprint density at radius 1 is 1.38 bits per heavy atom. The summed E-state index contributed by atoms with van der Waals surface area (Å²) in [7, 11) is 0. The van der Waals surface area contributed by atoms with Crippen molar-refractivity contribution in [2.75, 3.05) is 13.1 Å². The highest BCUT2D eigenvalue weighted by Crippen LogP contribution is 2.39. The third kappa shape index (κ3) is 4.01. The van der Waals surface area contributed by atoms with Gasteiger partial charge in [0, 0.05) is 12.5 Å². The monoisotopic (exact) mass is 309 g/mol. The average Bonchev–Trinajstić information content (AvgIpc) is 3.08. The van der Waals surface area contributed by atoms with Gasteiger partial charge in [-0.15, -0.1) is 5.10 Å². The molecule has 2 aromatic rings. The molecule has 1 aliphatic carbocycles. The maximum atomic E-state index is 5.24. The van der Waals surface area contributed by atoms with Crippen LogP contribution in [0.25, 0.3) is 0 Å². The van der Waals surface area contributed by atoms with Crippen molar-refractivity contribution in [2.24, 2.45) is 0 Å². The summed E-state index contributed by atoms with van der Waals surface area (Å²) < 4.78 is 7.04. The molecule has 0 bridgehead atoms. The molecule has 1 saturated carbocycles. The molecule has 0 amide bonds. The van der Waals surface area contributed by atoms with Crippen molar-refractivity contribution >= 4 is 11.8 Å². The molecule has 1 aliphatic rings. The summed E-state index contributed by atoms with van der Waals surface area (Å²) in [5.74, 6) is 2.60. The Hall–Kier alpha value is -1.48. The smallest absolute Gasteiger partial charge is 0.229 e. The van der Waals surface area contributed by atoms with Gasteiger partial charge in [0.1, 0.15) is 0 Å². The highest BCUT2D eigenvalue weighted by Gasteiger charge is 2.29. The molecule has 3 rings (SSSR count). The molecule has 8 nitrogen and oxygen atoms in total. The van der Waals surface area contributed by atoms with Crippen LogP contribution >= 0.6 is 11.8 Å². The van der Waals surface area contributed by atoms with Crippen molar-refractivity contribution in [1.82, 2.24) is 35.7 Å². The molecule has 1 N–H and O–H groups in total. The van der Waals surface area contributed by atoms with Crippen LogP contribution in [0.3, 0.4) is 0 Å². The first-order valence-electron chi connectivity index (χ1n) is 7.29. The zero-order chi connectivity index (χ0) is 14.5. The van der Waals surface area contributed by atoms with Crippen molar-refractivity contribution in [2.45, 2.75) is 49.6 Å². The van der Waals surface area contributed by atoms with Crippen LogP contribution in [0.5, 0.6) is 0 Å². The molecule has 0 spiro atoms. The first-order chi connectivity index (χ1) is 10.4. The van der Waals surface area contributed by atoms with Gasteiger partial charge >= 0.3 is 0 Å². The van der Waals surface area contributed by atoms with E-state index in [4.69, 9.17) is 4.52 Å². The zero-order valence-corrected chi connectivity index (χ0v) is 12.8. The van der Waals surface area contributed by atoms with Crippen LogP contribution in [0.15, 0.2) is 9.68 Å². The van der Waals surface area contributed by atoms with Crippen molar-refractivity contribution in [3.63, 3.8) is 0 Å². The molecule has 21 heavy (non-hydrogen) atoms. The zero-order valence-electron chi connectivity index (χ0n) is 12.0. The summed E-state index contributed by atoms with van der Waals surface area (Å²) in [5.41, 5.74) is 0. The van der Waals surface area contributed by atoms with Gasteiger partial charge in [-0.2, -0.15) is 4.98 Å². The molecule has 114 valence electrons. The minimum atomic E-state index is 0.492. The van der Waals surface area contributed by atoms with Crippen LogP contribution in [-0.2, 0) is 12.3 Å². The quantitative estimate of drug-likeness (QED) is 0.546. The first-order valence-corrected chi connectivity index (χ1v) is 8.27. The lowest BCUT2D eigenvalue weighted by Gasteiger charge is -2.04. The van der Waals surface area contributed by atoms with E-state index in [1.807, 2.05) is 0 Å². The highest BCUT2D eigenvalue weighted by atomic mass is 32.2. The van der Waals surface area contributed by atoms with Crippen molar-refractivity contribution < 1.29 is 4.52 Å². The fourth-order valence-corrected chi connectivity index (χ4v) is 2.62. The van der Waals surface area contributed by atoms with Crippen LogP contribution in [-0.4, -0.2) is 43.4 Å². The van der Waals surface area contributed by atoms with E-state index in [2.05, 4.69) is 37.9 Å². The van der Waals surface area contributed by atoms with E-state index in [1.165, 1.54) is 11.8 Å². The van der Waals surface area contributed by atoms with Crippen LogP contribution in [0.2, 0.25) is 0 Å². The van der Waals surface area contributed by atoms with E-state index in [-0.39, 0.29) is 0 Å². The van der Waals surface area contributed by atoms with Crippen LogP contribution in [0, 0.1) is 0 Å². The van der Waals surface area contributed by atoms with E-state index in [0.29, 0.717) is 17.5 Å². The molecule has 0 aromatic carbocycles. The van der Waals surface area contributed by atoms with E-state index < -0.39 is 0 Å². The Morgan fingerprint density at radius 2 is 2.29 bits per heavy atom. The second-order valence-corrected chi connectivity index (χ2v) is 5.99. The van der Waals surface area contributed by atoms with Gasteiger partial charge in [-0.25, -0.2) is 4.68 Å². The number of hydrogen-bond acceptors (Lipinski definition) is 8. The number of thioether (sulfide) groups is 1. The third-order valence-electron chi connectivity index (χ3n) is 3.17. The summed E-state index contributed by atoms with van der Waals surface area (Å²) in [4.78, 5) is 4.40. The Morgan fingerprint density at radius 3 is 3.10 bits per heavy atom. The topological polar surface area (TPSA) is 94.6 Å². The molecular weight excluding hydrogens is 290 g/mol. The number of tetrazole rings is 1. The number of nitrogens with one attached hydrogen (secondary N) is 1. The van der Waals surface area contributed by atoms with Gasteiger partial charge in [-0.05, 0) is 36.2 Å². The third-order valence-corrected chi connectivity index (χ3v) is 4.12. The van der Waals surface area contributed by atoms with Gasteiger partial charge in [0.2, 0.25) is 11.0 Å². The summed E-state index contributed by atoms with van der Waals surface area (Å²) in [6.07, 6.45) is 3.45. The number of aromatic nitrogens is 6. The predicted octanol–water partition coefficient (Wildman–Crippen LogP) is 1.23. The van der Waals surface area contributed by atoms with Gasteiger partial charge in [0.25, 0.3) is 0 Å². The summed E-state index contributed by atoms with van der Waals surface area (Å²) in [5, 5.41) is 19.9. The fourth-order valence-electron chi connectivity index (χ4n) is 1.88. The van der Waals surface area contributed by atoms with E-state index >= 15 is 0 Å². The molecule has 1 fully saturated rings. The Kier molecular flexibility index (Phi) is 4.81. The largest absolute Gasteiger partial charge is 0.339 e. The van der Waals surface area contributed by atoms with Gasteiger partial charge < -0.3 is 9.84 Å². The minimum Gasteiger partial charge on any atom is -0.339 e. The molecule has 0 saturated heterocycles. The predicted molar refractivity (Wildman–Crippen MR) is 76.8 cm³/mol. The lowest BCUT2D eigenvalue weighted by Crippen LogP contribution is -2.21. The second kappa shape index (κ2) is 6.99. The molecule has 0 unspecified atom stereocenters. The number of hydrogen-bond donors (Lipinski definition) is 1. The first kappa shape index (κ1) is 14.5. The minimum absolute atomic E-state index is 0.492. The Bertz CT molecular complexity index is 565. The van der Waals surface area contributed by atoms with Crippen LogP contribution < -0.4 is 5.32 Å². The van der Waals surface area contributed by atoms with Crippen molar-refractivity contribution in [3.05, 3.63) is 11.7 Å². The molecule has 2 heterocycles. The Labute approximate surface area is 127 Å². The Balaban J connectivity index is 1.48. The fraction of sp³-hybridized carbons (Fsp3) is 0.750. The van der Waals surface area contributed by atoms with E-state index in [1.54, 1.807) is 4.68 Å². The number of rotatable bonds is 9. The molecule has 0 radical (unpaired) electrons. The number of nitrogens with zero attached hydrogens (tertiary/aromatic N) is 6. The molecule has 0 aliphatic heterocycles. The molecule has 2 aromatic heterocycles. The standard InChI is InChI=1S/C12H19N7OS/c1-2-5-13-6-7-19-12(15-17-18-19)21-8-10-14-11(20-16-10)9-3-4-9/h9,13H,2-8H2,1H3. The van der Waals surface area contributed by atoms with Gasteiger partial charge in [0.15, 0.2) is 5.82 Å². The van der Waals surface area contributed by atoms with Gasteiger partial charge in [0.05, 0.1) is 12.3 Å². The van der Waals surface area contributed by atoms with Crippen molar-refractivity contribution in [1.29, 1.82) is 0 Å². The summed E-state index contributed by atoms with van der Waals surface area (Å²) >= 11 is 1.53.